The van der Waals surface area contributed by atoms with Gasteiger partial charge in [-0.2, -0.15) is 13.9 Å². The molecule has 0 saturated heterocycles. The SMILES string of the molecule is CNC(=O)Cn1nc(-c2cnc3[nH]cc(OC(=O)NC(C)(C)C)c3n2)c2cc(OC(F)F)ccc21. The maximum atomic E-state index is 12.8. The van der Waals surface area contributed by atoms with Crippen molar-refractivity contribution in [3.63, 3.8) is 0 Å². The number of fused-ring (bicyclic) bond motifs is 2. The molecule has 3 aromatic heterocycles. The minimum atomic E-state index is -3.01. The molecule has 35 heavy (non-hydrogen) atoms. The lowest BCUT2D eigenvalue weighted by atomic mass is 10.1. The number of aromatic amines is 1. The average Bonchev–Trinajstić information content (AvgIpc) is 3.32. The highest BCUT2D eigenvalue weighted by Gasteiger charge is 2.21. The predicted octanol–water partition coefficient (Wildman–Crippen LogP) is 3.21. The Morgan fingerprint density at radius 3 is 2.71 bits per heavy atom. The number of rotatable bonds is 6. The van der Waals surface area contributed by atoms with Gasteiger partial charge in [-0.15, -0.1) is 0 Å². The molecule has 184 valence electrons. The maximum absolute atomic E-state index is 12.8. The van der Waals surface area contributed by atoms with Gasteiger partial charge in [0.1, 0.15) is 23.7 Å². The molecular weight excluding hydrogens is 464 g/mol. The first-order valence-electron chi connectivity index (χ1n) is 10.5. The van der Waals surface area contributed by atoms with E-state index in [1.54, 1.807) is 0 Å². The van der Waals surface area contributed by atoms with Gasteiger partial charge in [-0.3, -0.25) is 9.48 Å². The summed E-state index contributed by atoms with van der Waals surface area (Å²) in [5.41, 5.74) is 1.18. The van der Waals surface area contributed by atoms with Crippen molar-refractivity contribution >= 4 is 34.1 Å². The molecule has 0 radical (unpaired) electrons. The lowest BCUT2D eigenvalue weighted by Gasteiger charge is -2.19. The number of amides is 2. The lowest BCUT2D eigenvalue weighted by Crippen LogP contribution is -2.42. The van der Waals surface area contributed by atoms with Crippen LogP contribution in [-0.2, 0) is 11.3 Å². The second-order valence-corrected chi connectivity index (χ2v) is 8.61. The van der Waals surface area contributed by atoms with Crippen molar-refractivity contribution < 1.29 is 27.8 Å². The molecule has 0 spiro atoms. The number of hydrogen-bond donors (Lipinski definition) is 3. The van der Waals surface area contributed by atoms with E-state index in [9.17, 15) is 18.4 Å². The van der Waals surface area contributed by atoms with E-state index in [4.69, 9.17) is 4.74 Å². The summed E-state index contributed by atoms with van der Waals surface area (Å²) >= 11 is 0. The van der Waals surface area contributed by atoms with E-state index in [1.807, 2.05) is 20.8 Å². The Morgan fingerprint density at radius 1 is 1.26 bits per heavy atom. The largest absolute Gasteiger partial charge is 0.435 e. The third-order valence-corrected chi connectivity index (χ3v) is 4.79. The van der Waals surface area contributed by atoms with Gasteiger partial charge in [0, 0.05) is 24.2 Å². The molecule has 0 unspecified atom stereocenters. The first-order chi connectivity index (χ1) is 16.5. The normalized spacial score (nSPS) is 11.7. The van der Waals surface area contributed by atoms with E-state index in [0.29, 0.717) is 16.6 Å². The molecule has 4 rings (SSSR count). The number of alkyl halides is 2. The van der Waals surface area contributed by atoms with Crippen LogP contribution in [0.1, 0.15) is 20.8 Å². The quantitative estimate of drug-likeness (QED) is 0.380. The van der Waals surface area contributed by atoms with Crippen molar-refractivity contribution in [2.24, 2.45) is 0 Å². The number of likely N-dealkylation sites (N-methyl/N-ethyl adjacent to an activating group) is 1. The van der Waals surface area contributed by atoms with Crippen LogP contribution in [0.25, 0.3) is 33.5 Å². The van der Waals surface area contributed by atoms with Crippen molar-refractivity contribution in [1.82, 2.24) is 35.4 Å². The molecule has 0 aliphatic rings. The standard InChI is InChI=1S/C22H23F2N7O4/c1-22(2,3)29-21(33)35-15-9-27-19-18(15)28-13(8-26-19)17-12-7-11(34-20(23)24)5-6-14(12)31(30-17)10-16(32)25-4/h5-9,20H,10H2,1-4H3,(H,25,32)(H,26,27)(H,29,33). The Morgan fingerprint density at radius 2 is 2.03 bits per heavy atom. The fraction of sp³-hybridized carbons (Fsp3) is 0.318. The zero-order valence-corrected chi connectivity index (χ0v) is 19.3. The predicted molar refractivity (Wildman–Crippen MR) is 122 cm³/mol. The fourth-order valence-corrected chi connectivity index (χ4v) is 3.35. The van der Waals surface area contributed by atoms with Crippen molar-refractivity contribution in [2.75, 3.05) is 7.05 Å². The number of nitrogens with one attached hydrogen (secondary N) is 3. The van der Waals surface area contributed by atoms with Crippen LogP contribution in [0.15, 0.2) is 30.6 Å². The van der Waals surface area contributed by atoms with E-state index >= 15 is 0 Å². The number of carbonyl (C=O) groups excluding carboxylic acids is 2. The van der Waals surface area contributed by atoms with E-state index < -0.39 is 18.2 Å². The number of benzene rings is 1. The summed E-state index contributed by atoms with van der Waals surface area (Å²) in [5, 5.41) is 10.1. The highest BCUT2D eigenvalue weighted by atomic mass is 19.3. The second kappa shape index (κ2) is 9.16. The van der Waals surface area contributed by atoms with Crippen LogP contribution in [0.4, 0.5) is 13.6 Å². The highest BCUT2D eigenvalue weighted by Crippen LogP contribution is 2.32. The third kappa shape index (κ3) is 5.28. The van der Waals surface area contributed by atoms with E-state index in [1.165, 1.54) is 42.3 Å². The zero-order chi connectivity index (χ0) is 25.3. The van der Waals surface area contributed by atoms with Gasteiger partial charge in [-0.1, -0.05) is 0 Å². The summed E-state index contributed by atoms with van der Waals surface area (Å²) < 4.78 is 36.9. The summed E-state index contributed by atoms with van der Waals surface area (Å²) in [6, 6.07) is 4.28. The van der Waals surface area contributed by atoms with Gasteiger partial charge in [0.2, 0.25) is 5.91 Å². The topological polar surface area (TPSA) is 136 Å². The molecule has 13 heteroatoms. The Kier molecular flexibility index (Phi) is 6.24. The molecule has 0 atom stereocenters. The summed E-state index contributed by atoms with van der Waals surface area (Å²) in [6.07, 6.45) is 2.22. The van der Waals surface area contributed by atoms with Crippen LogP contribution in [0.2, 0.25) is 0 Å². The average molecular weight is 487 g/mol. The summed E-state index contributed by atoms with van der Waals surface area (Å²) in [6.45, 7) is 2.32. The molecule has 2 amide bonds. The molecule has 0 aliphatic carbocycles. The molecule has 4 aromatic rings. The number of H-pyrrole nitrogens is 1. The van der Waals surface area contributed by atoms with Gasteiger partial charge in [0.05, 0.1) is 11.7 Å². The third-order valence-electron chi connectivity index (χ3n) is 4.79. The van der Waals surface area contributed by atoms with Gasteiger partial charge < -0.3 is 25.1 Å². The van der Waals surface area contributed by atoms with E-state index in [-0.39, 0.29) is 40.9 Å². The van der Waals surface area contributed by atoms with Gasteiger partial charge in [-0.05, 0) is 39.0 Å². The van der Waals surface area contributed by atoms with Gasteiger partial charge in [0.25, 0.3) is 0 Å². The van der Waals surface area contributed by atoms with Crippen LogP contribution in [0, 0.1) is 0 Å². The highest BCUT2D eigenvalue weighted by molar-refractivity contribution is 5.95. The lowest BCUT2D eigenvalue weighted by molar-refractivity contribution is -0.121. The van der Waals surface area contributed by atoms with Crippen molar-refractivity contribution in [3.05, 3.63) is 30.6 Å². The molecule has 0 bridgehead atoms. The number of carbonyl (C=O) groups is 2. The molecule has 0 saturated carbocycles. The molecule has 3 heterocycles. The Hall–Kier alpha value is -4.29. The summed E-state index contributed by atoms with van der Waals surface area (Å²) in [7, 11) is 1.49. The molecule has 0 aliphatic heterocycles. The van der Waals surface area contributed by atoms with Crippen molar-refractivity contribution in [3.8, 4) is 22.9 Å². The second-order valence-electron chi connectivity index (χ2n) is 8.61. The van der Waals surface area contributed by atoms with Crippen LogP contribution >= 0.6 is 0 Å². The van der Waals surface area contributed by atoms with Crippen LogP contribution in [0.3, 0.4) is 0 Å². The van der Waals surface area contributed by atoms with E-state index in [2.05, 4.69) is 35.4 Å². The van der Waals surface area contributed by atoms with Gasteiger partial charge in [-0.25, -0.2) is 14.8 Å². The molecule has 1 aromatic carbocycles. The number of ether oxygens (including phenoxy) is 2. The molecular formula is C22H23F2N7O4. The molecule has 11 nitrogen and oxygen atoms in total. The minimum Gasteiger partial charge on any atom is -0.435 e. The maximum Gasteiger partial charge on any atom is 0.413 e. The minimum absolute atomic E-state index is 0.0770. The van der Waals surface area contributed by atoms with Crippen LogP contribution in [0.5, 0.6) is 11.5 Å². The zero-order valence-electron chi connectivity index (χ0n) is 19.3. The first kappa shape index (κ1) is 23.9. The Balaban J connectivity index is 1.79. The van der Waals surface area contributed by atoms with E-state index in [0.717, 1.165) is 0 Å². The Bertz CT molecular complexity index is 1410. The number of nitrogens with zero attached hydrogens (tertiary/aromatic N) is 4. The van der Waals surface area contributed by atoms with Gasteiger partial charge >= 0.3 is 12.7 Å². The molecule has 3 N–H and O–H groups in total. The van der Waals surface area contributed by atoms with Crippen LogP contribution < -0.4 is 20.1 Å². The van der Waals surface area contributed by atoms with Crippen molar-refractivity contribution in [2.45, 2.75) is 39.5 Å². The monoisotopic (exact) mass is 487 g/mol. The van der Waals surface area contributed by atoms with Crippen LogP contribution in [-0.4, -0.2) is 55.9 Å². The molecule has 0 fully saturated rings. The number of aromatic nitrogens is 5. The Labute approximate surface area is 197 Å². The fourth-order valence-electron chi connectivity index (χ4n) is 3.35. The summed E-state index contributed by atoms with van der Waals surface area (Å²) in [5.74, 6) is -0.236. The smallest absolute Gasteiger partial charge is 0.413 e. The van der Waals surface area contributed by atoms with Gasteiger partial charge in [0.15, 0.2) is 16.9 Å². The first-order valence-corrected chi connectivity index (χ1v) is 10.5. The number of halogens is 2. The number of hydrogen-bond acceptors (Lipinski definition) is 7. The summed E-state index contributed by atoms with van der Waals surface area (Å²) in [4.78, 5) is 36.0. The van der Waals surface area contributed by atoms with Crippen molar-refractivity contribution in [1.29, 1.82) is 0 Å².